The number of anilines is 2. The molecule has 0 aromatic heterocycles. The zero-order valence-electron chi connectivity index (χ0n) is 11.2. The van der Waals surface area contributed by atoms with Gasteiger partial charge in [-0.2, -0.15) is 0 Å². The van der Waals surface area contributed by atoms with E-state index in [0.717, 1.165) is 11.1 Å². The Hall–Kier alpha value is -2.27. The van der Waals surface area contributed by atoms with E-state index in [1.807, 2.05) is 24.3 Å². The molecule has 0 saturated heterocycles. The molecule has 20 heavy (non-hydrogen) atoms. The van der Waals surface area contributed by atoms with Gasteiger partial charge in [-0.05, 0) is 11.1 Å². The van der Waals surface area contributed by atoms with Crippen LogP contribution < -0.4 is 15.8 Å². The van der Waals surface area contributed by atoms with Crippen molar-refractivity contribution in [2.24, 2.45) is 0 Å². The first-order valence-electron chi connectivity index (χ1n) is 6.19. The van der Waals surface area contributed by atoms with Crippen LogP contribution in [0.3, 0.4) is 0 Å². The van der Waals surface area contributed by atoms with E-state index < -0.39 is 5.82 Å². The first-order chi connectivity index (χ1) is 9.63. The Labute approximate surface area is 117 Å². The molecule has 0 atom stereocenters. The van der Waals surface area contributed by atoms with E-state index in [9.17, 15) is 4.39 Å². The first kappa shape index (κ1) is 14.1. The normalized spacial score (nSPS) is 10.3. The van der Waals surface area contributed by atoms with Gasteiger partial charge in [0.2, 0.25) is 0 Å². The van der Waals surface area contributed by atoms with Crippen molar-refractivity contribution in [1.82, 2.24) is 0 Å². The maximum absolute atomic E-state index is 13.4. The maximum Gasteiger partial charge on any atom is 0.167 e. The largest absolute Gasteiger partial charge is 0.494 e. The van der Waals surface area contributed by atoms with Crippen molar-refractivity contribution >= 4 is 11.4 Å². The van der Waals surface area contributed by atoms with Crippen LogP contribution in [0.4, 0.5) is 15.8 Å². The lowest BCUT2D eigenvalue weighted by Gasteiger charge is -2.12. The smallest absolute Gasteiger partial charge is 0.167 e. The van der Waals surface area contributed by atoms with Crippen LogP contribution in [0.5, 0.6) is 5.75 Å². The van der Waals surface area contributed by atoms with Gasteiger partial charge in [0.15, 0.2) is 11.6 Å². The molecule has 0 saturated carbocycles. The van der Waals surface area contributed by atoms with Crippen molar-refractivity contribution < 1.29 is 14.2 Å². The Kier molecular flexibility index (Phi) is 4.42. The molecule has 0 heterocycles. The van der Waals surface area contributed by atoms with Crippen LogP contribution >= 0.6 is 0 Å². The average molecular weight is 276 g/mol. The van der Waals surface area contributed by atoms with Crippen LogP contribution in [0.25, 0.3) is 0 Å². The Bertz CT molecular complexity index is 602. The number of rotatable bonds is 5. The molecule has 0 aliphatic heterocycles. The second-order valence-corrected chi connectivity index (χ2v) is 4.41. The number of ether oxygens (including phenoxy) is 1. The molecule has 0 amide bonds. The van der Waals surface area contributed by atoms with Crippen molar-refractivity contribution in [3.8, 4) is 5.75 Å². The van der Waals surface area contributed by atoms with Crippen LogP contribution in [0.15, 0.2) is 36.4 Å². The van der Waals surface area contributed by atoms with E-state index in [-0.39, 0.29) is 12.4 Å². The highest BCUT2D eigenvalue weighted by molar-refractivity contribution is 5.68. The molecular formula is C15H17FN2O2. The Morgan fingerprint density at radius 3 is 2.70 bits per heavy atom. The number of hydrogen-bond donors (Lipinski definition) is 3. The van der Waals surface area contributed by atoms with Gasteiger partial charge in [-0.1, -0.05) is 24.3 Å². The molecule has 0 radical (unpaired) electrons. The molecule has 5 heteroatoms. The molecule has 4 N–H and O–H groups in total. The minimum atomic E-state index is -0.488. The highest BCUT2D eigenvalue weighted by Gasteiger charge is 2.08. The third kappa shape index (κ3) is 3.19. The third-order valence-corrected chi connectivity index (χ3v) is 2.98. The van der Waals surface area contributed by atoms with E-state index in [0.29, 0.717) is 17.9 Å². The number of aliphatic hydroxyl groups excluding tert-OH is 1. The van der Waals surface area contributed by atoms with E-state index in [4.69, 9.17) is 15.6 Å². The van der Waals surface area contributed by atoms with Crippen LogP contribution in [0.2, 0.25) is 0 Å². The third-order valence-electron chi connectivity index (χ3n) is 2.98. The van der Waals surface area contributed by atoms with Crippen LogP contribution in [0, 0.1) is 5.82 Å². The summed E-state index contributed by atoms with van der Waals surface area (Å²) in [6.07, 6.45) is 0. The van der Waals surface area contributed by atoms with Gasteiger partial charge in [-0.25, -0.2) is 4.39 Å². The van der Waals surface area contributed by atoms with E-state index >= 15 is 0 Å². The number of nitrogens with one attached hydrogen (secondary N) is 1. The minimum Gasteiger partial charge on any atom is -0.494 e. The fourth-order valence-corrected chi connectivity index (χ4v) is 1.91. The number of hydrogen-bond acceptors (Lipinski definition) is 4. The topological polar surface area (TPSA) is 67.5 Å². The second kappa shape index (κ2) is 6.25. The molecule has 0 unspecified atom stereocenters. The van der Waals surface area contributed by atoms with E-state index in [1.54, 1.807) is 0 Å². The highest BCUT2D eigenvalue weighted by atomic mass is 19.1. The zero-order chi connectivity index (χ0) is 14.5. The molecule has 0 aliphatic rings. The number of methoxy groups -OCH3 is 1. The van der Waals surface area contributed by atoms with Gasteiger partial charge < -0.3 is 20.9 Å². The van der Waals surface area contributed by atoms with Gasteiger partial charge in [0.05, 0.1) is 25.1 Å². The predicted octanol–water partition coefficient (Wildman–Crippen LogP) is 2.52. The molecular weight excluding hydrogens is 259 g/mol. The molecule has 0 bridgehead atoms. The number of nitrogens with two attached hydrogens (primary N) is 1. The highest BCUT2D eigenvalue weighted by Crippen LogP contribution is 2.28. The summed E-state index contributed by atoms with van der Waals surface area (Å²) in [7, 11) is 1.41. The van der Waals surface area contributed by atoms with Crippen LogP contribution in [0.1, 0.15) is 11.1 Å². The Balaban J connectivity index is 2.14. The molecule has 0 spiro atoms. The van der Waals surface area contributed by atoms with Crippen molar-refractivity contribution in [3.05, 3.63) is 53.3 Å². The SMILES string of the molecule is COc1cc(NCc2cccc(CO)c2)c(N)cc1F. The van der Waals surface area contributed by atoms with Crippen LogP contribution in [-0.2, 0) is 13.2 Å². The average Bonchev–Trinajstić information content (AvgIpc) is 2.46. The Morgan fingerprint density at radius 2 is 2.00 bits per heavy atom. The number of nitrogen functional groups attached to an aromatic ring is 1. The number of halogens is 1. The van der Waals surface area contributed by atoms with Gasteiger partial charge in [0.1, 0.15) is 0 Å². The summed E-state index contributed by atoms with van der Waals surface area (Å²) < 4.78 is 18.4. The van der Waals surface area contributed by atoms with Crippen molar-refractivity contribution in [1.29, 1.82) is 0 Å². The van der Waals surface area contributed by atoms with E-state index in [2.05, 4.69) is 5.32 Å². The van der Waals surface area contributed by atoms with Crippen molar-refractivity contribution in [2.45, 2.75) is 13.2 Å². The summed E-state index contributed by atoms with van der Waals surface area (Å²) in [5.41, 5.74) is 8.54. The summed E-state index contributed by atoms with van der Waals surface area (Å²) in [4.78, 5) is 0. The summed E-state index contributed by atoms with van der Waals surface area (Å²) >= 11 is 0. The minimum absolute atomic E-state index is 0.000347. The molecule has 2 aromatic carbocycles. The number of aliphatic hydroxyl groups is 1. The monoisotopic (exact) mass is 276 g/mol. The summed E-state index contributed by atoms with van der Waals surface area (Å²) in [5.74, 6) is -0.344. The predicted molar refractivity (Wildman–Crippen MR) is 77.1 cm³/mol. The summed E-state index contributed by atoms with van der Waals surface area (Å²) in [6, 6.07) is 10.3. The first-order valence-corrected chi connectivity index (χ1v) is 6.19. The van der Waals surface area contributed by atoms with Gasteiger partial charge in [-0.15, -0.1) is 0 Å². The second-order valence-electron chi connectivity index (χ2n) is 4.41. The molecule has 4 nitrogen and oxygen atoms in total. The molecule has 2 rings (SSSR count). The lowest BCUT2D eigenvalue weighted by atomic mass is 10.1. The quantitative estimate of drug-likeness (QED) is 0.734. The van der Waals surface area contributed by atoms with Crippen LogP contribution in [-0.4, -0.2) is 12.2 Å². The van der Waals surface area contributed by atoms with Gasteiger partial charge in [0, 0.05) is 18.7 Å². The molecule has 2 aromatic rings. The van der Waals surface area contributed by atoms with Gasteiger partial charge in [0.25, 0.3) is 0 Å². The fourth-order valence-electron chi connectivity index (χ4n) is 1.91. The van der Waals surface area contributed by atoms with Gasteiger partial charge >= 0.3 is 0 Å². The Morgan fingerprint density at radius 1 is 1.25 bits per heavy atom. The van der Waals surface area contributed by atoms with Crippen molar-refractivity contribution in [2.75, 3.05) is 18.2 Å². The molecule has 0 fully saturated rings. The van der Waals surface area contributed by atoms with Gasteiger partial charge in [-0.3, -0.25) is 0 Å². The fraction of sp³-hybridized carbons (Fsp3) is 0.200. The molecule has 0 aliphatic carbocycles. The lowest BCUT2D eigenvalue weighted by Crippen LogP contribution is -2.04. The lowest BCUT2D eigenvalue weighted by molar-refractivity contribution is 0.281. The summed E-state index contributed by atoms with van der Waals surface area (Å²) in [6.45, 7) is 0.521. The molecule has 106 valence electrons. The standard InChI is InChI=1S/C15H17FN2O2/c1-20-15-7-14(13(17)6-12(15)16)18-8-10-3-2-4-11(5-10)9-19/h2-7,18-19H,8-9,17H2,1H3. The summed E-state index contributed by atoms with van der Waals surface area (Å²) in [5, 5.41) is 12.2. The van der Waals surface area contributed by atoms with Crippen molar-refractivity contribution in [3.63, 3.8) is 0 Å². The zero-order valence-corrected chi connectivity index (χ0v) is 11.2. The number of benzene rings is 2. The maximum atomic E-state index is 13.4. The van der Waals surface area contributed by atoms with E-state index in [1.165, 1.54) is 19.2 Å².